The van der Waals surface area contributed by atoms with Crippen molar-refractivity contribution in [2.24, 2.45) is 0 Å². The Kier molecular flexibility index (Phi) is 11.8. The maximum absolute atomic E-state index is 6.63. The highest BCUT2D eigenvalue weighted by atomic mass is 16.3. The number of para-hydroxylation sites is 3. The molecule has 0 spiro atoms. The largest absolute Gasteiger partial charge is 0.456 e. The standard InChI is InChI=1S/C73H72B2N4O/c1-45-35-64-70-65(36-45)77(57-39-46(2)68(47(3)40-57)67-41-50-23-21-22-28-66(50)80-67)61-44-63-62(43-59(61)74(70)58-34-31-52(72(9,10)11)42-60(58)76(64)54-32-29-51(30-33-54)71(6,7)8)78(55-24-17-15-18-25-55)75(79(63)56-26-19-16-20-27-56)69-48(4)37-53(38-49(69)5)73(12,13)14/h15-44H,1-14H3. The fraction of sp³-hybridized carbons (Fsp3) is 0.233. The fourth-order valence-corrected chi connectivity index (χ4v) is 13.4. The summed E-state index contributed by atoms with van der Waals surface area (Å²) in [6, 6.07) is 69.2. The zero-order valence-corrected chi connectivity index (χ0v) is 49.2. The van der Waals surface area contributed by atoms with E-state index in [1.165, 1.54) is 83.7 Å². The van der Waals surface area contributed by atoms with Crippen LogP contribution in [0.1, 0.15) is 107 Å². The Morgan fingerprint density at radius 1 is 0.362 bits per heavy atom. The zero-order valence-electron chi connectivity index (χ0n) is 49.2. The van der Waals surface area contributed by atoms with Crippen LogP contribution in [0, 0.1) is 34.6 Å². The lowest BCUT2D eigenvalue weighted by Gasteiger charge is -2.45. The number of hydrogen-bond donors (Lipinski definition) is 0. The minimum absolute atomic E-state index is 0.00395. The molecule has 0 amide bonds. The van der Waals surface area contributed by atoms with Crippen molar-refractivity contribution in [2.75, 3.05) is 19.4 Å². The third-order valence-electron chi connectivity index (χ3n) is 17.4. The molecule has 0 fully saturated rings. The summed E-state index contributed by atoms with van der Waals surface area (Å²) < 4.78 is 6.63. The minimum Gasteiger partial charge on any atom is -0.456 e. The van der Waals surface area contributed by atoms with E-state index in [0.717, 1.165) is 61.9 Å². The lowest BCUT2D eigenvalue weighted by Crippen LogP contribution is -2.61. The van der Waals surface area contributed by atoms with Gasteiger partial charge in [0.1, 0.15) is 11.3 Å². The first kappa shape index (κ1) is 51.3. The highest BCUT2D eigenvalue weighted by Gasteiger charge is 2.50. The van der Waals surface area contributed by atoms with Crippen LogP contribution in [0.25, 0.3) is 22.3 Å². The second-order valence-electron chi connectivity index (χ2n) is 26.2. The van der Waals surface area contributed by atoms with Gasteiger partial charge in [-0.1, -0.05) is 164 Å². The Bertz CT molecular complexity index is 4020. The molecule has 10 aromatic rings. The summed E-state index contributed by atoms with van der Waals surface area (Å²) in [6.45, 7) is 32.0. The average molecular weight is 1040 g/mol. The lowest BCUT2D eigenvalue weighted by atomic mass is 9.33. The van der Waals surface area contributed by atoms with Crippen molar-refractivity contribution in [1.29, 1.82) is 0 Å². The van der Waals surface area contributed by atoms with Crippen molar-refractivity contribution in [3.8, 4) is 11.3 Å². The van der Waals surface area contributed by atoms with Gasteiger partial charge in [0.25, 0.3) is 6.71 Å². The number of aryl methyl sites for hydroxylation is 5. The van der Waals surface area contributed by atoms with E-state index in [9.17, 15) is 0 Å². The first-order chi connectivity index (χ1) is 38.1. The maximum Gasteiger partial charge on any atom is 0.421 e. The molecule has 9 aromatic carbocycles. The van der Waals surface area contributed by atoms with Gasteiger partial charge in [-0.25, -0.2) is 0 Å². The van der Waals surface area contributed by atoms with Crippen LogP contribution in [0.2, 0.25) is 0 Å². The zero-order chi connectivity index (χ0) is 55.9. The Hall–Kier alpha value is -8.15. The van der Waals surface area contributed by atoms with Gasteiger partial charge >= 0.3 is 6.98 Å². The number of benzene rings is 9. The number of nitrogens with zero attached hydrogens (tertiary/aromatic N) is 4. The van der Waals surface area contributed by atoms with Crippen LogP contribution in [0.15, 0.2) is 186 Å². The third-order valence-corrected chi connectivity index (χ3v) is 17.4. The summed E-state index contributed by atoms with van der Waals surface area (Å²) in [5.41, 5.74) is 29.0. The van der Waals surface area contributed by atoms with Crippen molar-refractivity contribution in [3.63, 3.8) is 0 Å². The molecule has 80 heavy (non-hydrogen) atoms. The molecule has 5 nitrogen and oxygen atoms in total. The minimum atomic E-state index is -0.201. The van der Waals surface area contributed by atoms with Crippen LogP contribution in [0.5, 0.6) is 0 Å². The normalized spacial score (nSPS) is 14.0. The fourth-order valence-electron chi connectivity index (χ4n) is 13.4. The summed E-state index contributed by atoms with van der Waals surface area (Å²) in [7, 11) is 0. The summed E-state index contributed by atoms with van der Waals surface area (Å²) >= 11 is 0. The van der Waals surface area contributed by atoms with E-state index >= 15 is 0 Å². The van der Waals surface area contributed by atoms with E-state index in [0.29, 0.717) is 0 Å². The number of rotatable bonds is 6. The Morgan fingerprint density at radius 2 is 0.875 bits per heavy atom. The van der Waals surface area contributed by atoms with Crippen molar-refractivity contribution >= 4 is 103 Å². The van der Waals surface area contributed by atoms with Gasteiger partial charge in [-0.15, -0.1) is 0 Å². The van der Waals surface area contributed by atoms with E-state index in [-0.39, 0.29) is 29.9 Å². The van der Waals surface area contributed by atoms with Gasteiger partial charge < -0.3 is 23.8 Å². The average Bonchev–Trinajstić information content (AvgIpc) is 3.94. The smallest absolute Gasteiger partial charge is 0.421 e. The van der Waals surface area contributed by atoms with Gasteiger partial charge in [-0.05, 0) is 197 Å². The van der Waals surface area contributed by atoms with Gasteiger partial charge in [-0.3, -0.25) is 0 Å². The molecule has 0 unspecified atom stereocenters. The summed E-state index contributed by atoms with van der Waals surface area (Å²) in [4.78, 5) is 10.4. The molecule has 0 saturated heterocycles. The van der Waals surface area contributed by atoms with Gasteiger partial charge in [0.15, 0.2) is 0 Å². The lowest BCUT2D eigenvalue weighted by molar-refractivity contribution is 0.589. The highest BCUT2D eigenvalue weighted by molar-refractivity contribution is 7.00. The molecule has 0 aliphatic carbocycles. The van der Waals surface area contributed by atoms with Crippen LogP contribution >= 0.6 is 0 Å². The second kappa shape index (κ2) is 18.5. The Morgan fingerprint density at radius 3 is 1.44 bits per heavy atom. The number of hydrogen-bond acceptors (Lipinski definition) is 5. The van der Waals surface area contributed by atoms with E-state index < -0.39 is 0 Å². The van der Waals surface area contributed by atoms with E-state index in [1.54, 1.807) is 0 Å². The Labute approximate surface area is 475 Å². The first-order valence-corrected chi connectivity index (χ1v) is 28.7. The summed E-state index contributed by atoms with van der Waals surface area (Å²) in [6.07, 6.45) is 0. The predicted molar refractivity (Wildman–Crippen MR) is 344 cm³/mol. The number of anilines is 10. The van der Waals surface area contributed by atoms with Gasteiger partial charge in [0.2, 0.25) is 0 Å². The maximum atomic E-state index is 6.63. The molecule has 13 rings (SSSR count). The third kappa shape index (κ3) is 8.29. The topological polar surface area (TPSA) is 26.1 Å². The quantitative estimate of drug-likeness (QED) is 0.155. The molecule has 0 N–H and O–H groups in total. The molecule has 4 heterocycles. The van der Waals surface area contributed by atoms with Crippen molar-refractivity contribution in [1.82, 2.24) is 0 Å². The van der Waals surface area contributed by atoms with Crippen LogP contribution in [0.3, 0.4) is 0 Å². The molecule has 396 valence electrons. The first-order valence-electron chi connectivity index (χ1n) is 28.7. The SMILES string of the molecule is Cc1cc2c3c(c1)N(c1cc(C)c(-c4cc5ccccc5o4)c(C)c1)c1cc4c(cc1B3c1ccc(C(C)(C)C)cc1N2c1ccc(C(C)(C)C)cc1)N(c1ccccc1)B(c1c(C)cc(C(C)(C)C)cc1C)N4c1ccccc1. The summed E-state index contributed by atoms with van der Waals surface area (Å²) in [5, 5.41) is 1.11. The molecule has 0 bridgehead atoms. The highest BCUT2D eigenvalue weighted by Crippen LogP contribution is 2.53. The second-order valence-corrected chi connectivity index (χ2v) is 26.2. The molecule has 3 aliphatic rings. The van der Waals surface area contributed by atoms with Gasteiger partial charge in [0, 0.05) is 56.4 Å². The van der Waals surface area contributed by atoms with Crippen LogP contribution < -0.4 is 41.3 Å². The van der Waals surface area contributed by atoms with Gasteiger partial charge in [0.05, 0.1) is 11.4 Å². The monoisotopic (exact) mass is 1040 g/mol. The van der Waals surface area contributed by atoms with Crippen molar-refractivity contribution in [2.45, 2.75) is 113 Å². The molecule has 0 saturated carbocycles. The number of fused-ring (bicyclic) bond motifs is 6. The van der Waals surface area contributed by atoms with Gasteiger partial charge in [-0.2, -0.15) is 0 Å². The Balaban J connectivity index is 1.13. The molecule has 1 aromatic heterocycles. The van der Waals surface area contributed by atoms with Crippen LogP contribution in [0.4, 0.5) is 56.9 Å². The van der Waals surface area contributed by atoms with E-state index in [2.05, 4.69) is 292 Å². The van der Waals surface area contributed by atoms with E-state index in [4.69, 9.17) is 4.42 Å². The molecule has 0 atom stereocenters. The molecular formula is C73H72B2N4O. The van der Waals surface area contributed by atoms with Crippen LogP contribution in [-0.2, 0) is 16.2 Å². The molecule has 0 radical (unpaired) electrons. The molecular weight excluding hydrogens is 970 g/mol. The summed E-state index contributed by atoms with van der Waals surface area (Å²) in [5.74, 6) is 0.892. The van der Waals surface area contributed by atoms with E-state index in [1.807, 2.05) is 6.07 Å². The number of furan rings is 1. The predicted octanol–water partition coefficient (Wildman–Crippen LogP) is 17.3. The van der Waals surface area contributed by atoms with Crippen molar-refractivity contribution < 1.29 is 4.42 Å². The van der Waals surface area contributed by atoms with Crippen molar-refractivity contribution in [3.05, 3.63) is 226 Å². The molecule has 3 aliphatic heterocycles. The molecule has 7 heteroatoms. The van der Waals surface area contributed by atoms with Crippen LogP contribution in [-0.4, -0.2) is 13.7 Å².